The van der Waals surface area contributed by atoms with Gasteiger partial charge in [-0.15, -0.1) is 0 Å². The predicted molar refractivity (Wildman–Crippen MR) is 107 cm³/mol. The SMILES string of the molecule is CCOc1ccc(NC(=O)CNC(=O)C2(C)CN(S(C)(=O)=O)CC(=O)N2C)cc1. The van der Waals surface area contributed by atoms with Crippen molar-refractivity contribution in [2.45, 2.75) is 19.4 Å². The number of nitrogens with zero attached hydrogens (tertiary/aromatic N) is 2. The number of anilines is 1. The monoisotopic (exact) mass is 426 g/mol. The number of amides is 3. The van der Waals surface area contributed by atoms with Crippen LogP contribution in [0.3, 0.4) is 0 Å². The first-order valence-corrected chi connectivity index (χ1v) is 10.8. The van der Waals surface area contributed by atoms with E-state index < -0.39 is 33.3 Å². The second-order valence-electron chi connectivity index (χ2n) is 6.95. The molecule has 1 fully saturated rings. The van der Waals surface area contributed by atoms with Crippen molar-refractivity contribution < 1.29 is 27.5 Å². The summed E-state index contributed by atoms with van der Waals surface area (Å²) in [6.45, 7) is 3.01. The van der Waals surface area contributed by atoms with Gasteiger partial charge in [0.1, 0.15) is 11.3 Å². The van der Waals surface area contributed by atoms with Crippen LogP contribution in [0, 0.1) is 0 Å². The molecule has 29 heavy (non-hydrogen) atoms. The summed E-state index contributed by atoms with van der Waals surface area (Å²) in [4.78, 5) is 38.2. The van der Waals surface area contributed by atoms with Crippen LogP contribution in [0.4, 0.5) is 5.69 Å². The van der Waals surface area contributed by atoms with E-state index >= 15 is 0 Å². The molecule has 0 aromatic heterocycles. The molecule has 2 rings (SSSR count). The normalized spacial score (nSPS) is 20.3. The van der Waals surface area contributed by atoms with E-state index in [1.807, 2.05) is 6.92 Å². The van der Waals surface area contributed by atoms with Gasteiger partial charge in [0.25, 0.3) is 0 Å². The molecule has 0 bridgehead atoms. The summed E-state index contributed by atoms with van der Waals surface area (Å²) in [7, 11) is -2.22. The van der Waals surface area contributed by atoms with Crippen molar-refractivity contribution in [2.75, 3.05) is 44.9 Å². The van der Waals surface area contributed by atoms with Crippen LogP contribution in [0.5, 0.6) is 5.75 Å². The summed E-state index contributed by atoms with van der Waals surface area (Å²) < 4.78 is 29.9. The Balaban J connectivity index is 1.99. The summed E-state index contributed by atoms with van der Waals surface area (Å²) in [6, 6.07) is 6.76. The van der Waals surface area contributed by atoms with Crippen molar-refractivity contribution in [2.24, 2.45) is 0 Å². The number of likely N-dealkylation sites (N-methyl/N-ethyl adjacent to an activating group) is 1. The van der Waals surface area contributed by atoms with Crippen LogP contribution in [-0.2, 0) is 24.4 Å². The first kappa shape index (κ1) is 22.6. The van der Waals surface area contributed by atoms with Crippen LogP contribution in [-0.4, -0.2) is 80.4 Å². The molecule has 1 aliphatic rings. The van der Waals surface area contributed by atoms with E-state index in [1.165, 1.54) is 18.9 Å². The van der Waals surface area contributed by atoms with Crippen molar-refractivity contribution in [3.05, 3.63) is 24.3 Å². The maximum absolute atomic E-state index is 12.7. The fraction of sp³-hybridized carbons (Fsp3) is 0.500. The maximum Gasteiger partial charge on any atom is 0.247 e. The van der Waals surface area contributed by atoms with Gasteiger partial charge in [-0.2, -0.15) is 4.31 Å². The third-order valence-corrected chi connectivity index (χ3v) is 5.92. The average Bonchev–Trinajstić information content (AvgIpc) is 2.64. The van der Waals surface area contributed by atoms with Crippen LogP contribution >= 0.6 is 0 Å². The molecule has 0 radical (unpaired) electrons. The predicted octanol–water partition coefficient (Wildman–Crippen LogP) is -0.368. The van der Waals surface area contributed by atoms with Gasteiger partial charge >= 0.3 is 0 Å². The van der Waals surface area contributed by atoms with E-state index in [4.69, 9.17) is 4.74 Å². The first-order valence-electron chi connectivity index (χ1n) is 9.00. The Kier molecular flexibility index (Phi) is 6.85. The van der Waals surface area contributed by atoms with Crippen LogP contribution in [0.15, 0.2) is 24.3 Å². The van der Waals surface area contributed by atoms with Crippen molar-refractivity contribution in [1.29, 1.82) is 0 Å². The molecule has 1 aromatic carbocycles. The molecule has 1 saturated heterocycles. The maximum atomic E-state index is 12.7. The van der Waals surface area contributed by atoms with E-state index in [2.05, 4.69) is 10.6 Å². The number of carbonyl (C=O) groups is 3. The highest BCUT2D eigenvalue weighted by atomic mass is 32.2. The minimum Gasteiger partial charge on any atom is -0.494 e. The summed E-state index contributed by atoms with van der Waals surface area (Å²) in [5, 5.41) is 5.12. The smallest absolute Gasteiger partial charge is 0.247 e. The molecule has 0 spiro atoms. The Morgan fingerprint density at radius 2 is 1.86 bits per heavy atom. The minimum absolute atomic E-state index is 0.194. The number of ether oxygens (including phenoxy) is 1. The molecule has 1 aliphatic heterocycles. The van der Waals surface area contributed by atoms with Gasteiger partial charge in [0.05, 0.1) is 26.0 Å². The van der Waals surface area contributed by atoms with Crippen molar-refractivity contribution >= 4 is 33.4 Å². The quantitative estimate of drug-likeness (QED) is 0.613. The van der Waals surface area contributed by atoms with E-state index in [1.54, 1.807) is 24.3 Å². The second-order valence-corrected chi connectivity index (χ2v) is 8.93. The standard InChI is InChI=1S/C18H26N4O6S/c1-5-28-14-8-6-13(7-9-14)20-15(23)10-19-17(25)18(2)12-22(29(4,26)27)11-16(24)21(18)3/h6-9H,5,10-12H2,1-4H3,(H,19,25)(H,20,23). The average molecular weight is 426 g/mol. The molecule has 1 heterocycles. The van der Waals surface area contributed by atoms with Gasteiger partial charge in [-0.05, 0) is 38.1 Å². The molecule has 0 saturated carbocycles. The third kappa shape index (κ3) is 5.45. The van der Waals surface area contributed by atoms with Crippen LogP contribution in [0.2, 0.25) is 0 Å². The molecule has 1 unspecified atom stereocenters. The highest BCUT2D eigenvalue weighted by Crippen LogP contribution is 2.23. The van der Waals surface area contributed by atoms with Gasteiger partial charge in [0, 0.05) is 19.3 Å². The Bertz CT molecular complexity index is 886. The molecular weight excluding hydrogens is 400 g/mol. The zero-order chi connectivity index (χ0) is 21.8. The Morgan fingerprint density at radius 1 is 1.24 bits per heavy atom. The van der Waals surface area contributed by atoms with Crippen LogP contribution in [0.25, 0.3) is 0 Å². The molecule has 3 amide bonds. The highest BCUT2D eigenvalue weighted by Gasteiger charge is 2.47. The lowest BCUT2D eigenvalue weighted by atomic mass is 9.96. The van der Waals surface area contributed by atoms with Gasteiger partial charge in [-0.3, -0.25) is 14.4 Å². The van der Waals surface area contributed by atoms with Gasteiger partial charge in [-0.1, -0.05) is 0 Å². The van der Waals surface area contributed by atoms with E-state index in [0.29, 0.717) is 18.0 Å². The molecule has 1 aromatic rings. The van der Waals surface area contributed by atoms with Gasteiger partial charge in [0.2, 0.25) is 27.7 Å². The number of sulfonamides is 1. The zero-order valence-corrected chi connectivity index (χ0v) is 17.7. The third-order valence-electron chi connectivity index (χ3n) is 4.73. The largest absolute Gasteiger partial charge is 0.494 e. The summed E-state index contributed by atoms with van der Waals surface area (Å²) in [5.74, 6) is -0.912. The summed E-state index contributed by atoms with van der Waals surface area (Å²) in [5.41, 5.74) is -0.898. The molecule has 0 aliphatic carbocycles. The fourth-order valence-corrected chi connectivity index (χ4v) is 3.68. The Labute approximate surface area is 170 Å². The van der Waals surface area contributed by atoms with Crippen LogP contribution in [0.1, 0.15) is 13.8 Å². The number of hydrogen-bond donors (Lipinski definition) is 2. The number of carbonyl (C=O) groups excluding carboxylic acids is 3. The van der Waals surface area contributed by atoms with Gasteiger partial charge < -0.3 is 20.3 Å². The Hall–Kier alpha value is -2.66. The first-order chi connectivity index (χ1) is 13.5. The number of hydrogen-bond acceptors (Lipinski definition) is 6. The van der Waals surface area contributed by atoms with Crippen molar-refractivity contribution in [1.82, 2.24) is 14.5 Å². The molecule has 11 heteroatoms. The van der Waals surface area contributed by atoms with Crippen molar-refractivity contribution in [3.8, 4) is 5.75 Å². The summed E-state index contributed by atoms with van der Waals surface area (Å²) >= 11 is 0. The molecule has 2 N–H and O–H groups in total. The zero-order valence-electron chi connectivity index (χ0n) is 16.9. The second kappa shape index (κ2) is 8.78. The topological polar surface area (TPSA) is 125 Å². The molecule has 10 nitrogen and oxygen atoms in total. The fourth-order valence-electron chi connectivity index (χ4n) is 2.85. The van der Waals surface area contributed by atoms with Crippen molar-refractivity contribution in [3.63, 3.8) is 0 Å². The van der Waals surface area contributed by atoms with Gasteiger partial charge in [0.15, 0.2) is 0 Å². The lowest BCUT2D eigenvalue weighted by Crippen LogP contribution is -2.68. The highest BCUT2D eigenvalue weighted by molar-refractivity contribution is 7.88. The molecular formula is C18H26N4O6S. The number of nitrogens with one attached hydrogen (secondary N) is 2. The minimum atomic E-state index is -3.65. The lowest BCUT2D eigenvalue weighted by molar-refractivity contribution is -0.150. The lowest BCUT2D eigenvalue weighted by Gasteiger charge is -2.44. The number of piperazine rings is 1. The number of rotatable bonds is 7. The number of benzene rings is 1. The van der Waals surface area contributed by atoms with E-state index in [-0.39, 0.29) is 19.6 Å². The van der Waals surface area contributed by atoms with Crippen LogP contribution < -0.4 is 15.4 Å². The Morgan fingerprint density at radius 3 is 2.41 bits per heavy atom. The van der Waals surface area contributed by atoms with E-state index in [0.717, 1.165) is 10.6 Å². The van der Waals surface area contributed by atoms with Gasteiger partial charge in [-0.25, -0.2) is 8.42 Å². The molecule has 1 atom stereocenters. The molecule has 160 valence electrons. The summed E-state index contributed by atoms with van der Waals surface area (Å²) in [6.07, 6.45) is 0.980. The van der Waals surface area contributed by atoms with E-state index in [9.17, 15) is 22.8 Å².